The molecule has 3 aromatic carbocycles. The number of hydrogen-bond donors (Lipinski definition) is 2. The van der Waals surface area contributed by atoms with Gasteiger partial charge >= 0.3 is 5.97 Å². The standard InChI is InChI=1S/C37H39ClFN7O4/c1-2-23-21-24(11-12-26(23)37(49)50)40-35(47)34-28-7-5-9-31(44-18-13-25(14-19-44)43-16-3-4-17-43)27(28)15-20-45(34)36(48)30-22-46(42-41-30)32-10-6-8-29(38)33(32)39/h5-12,21-22,25,34H,2-4,13-20H2,1H3,(H,40,47)(H,49,50). The van der Waals surface area contributed by atoms with Gasteiger partial charge in [-0.2, -0.15) is 0 Å². The normalized spacial score (nSPS) is 18.3. The maximum absolute atomic E-state index is 14.8. The summed E-state index contributed by atoms with van der Waals surface area (Å²) in [6.07, 6.45) is 7.01. The molecule has 2 amide bonds. The van der Waals surface area contributed by atoms with Crippen LogP contribution in [0.1, 0.15) is 76.2 Å². The molecule has 0 aliphatic carbocycles. The van der Waals surface area contributed by atoms with Crippen molar-refractivity contribution in [3.63, 3.8) is 0 Å². The first-order valence-corrected chi connectivity index (χ1v) is 17.6. The number of nitrogens with zero attached hydrogens (tertiary/aromatic N) is 6. The summed E-state index contributed by atoms with van der Waals surface area (Å²) in [5.74, 6) is -2.71. The van der Waals surface area contributed by atoms with Crippen molar-refractivity contribution in [1.29, 1.82) is 0 Å². The van der Waals surface area contributed by atoms with E-state index in [1.807, 2.05) is 19.1 Å². The minimum atomic E-state index is -1.04. The molecule has 2 N–H and O–H groups in total. The average molecular weight is 700 g/mol. The van der Waals surface area contributed by atoms with Gasteiger partial charge in [0.2, 0.25) is 0 Å². The highest BCUT2D eigenvalue weighted by molar-refractivity contribution is 6.30. The number of nitrogens with one attached hydrogen (secondary N) is 1. The Kier molecular flexibility index (Phi) is 9.56. The van der Waals surface area contributed by atoms with Crippen LogP contribution in [0.15, 0.2) is 60.8 Å². The number of benzene rings is 3. The molecule has 260 valence electrons. The van der Waals surface area contributed by atoms with Gasteiger partial charge in [0.05, 0.1) is 16.8 Å². The van der Waals surface area contributed by atoms with Crippen molar-refractivity contribution >= 4 is 40.8 Å². The monoisotopic (exact) mass is 699 g/mol. The molecule has 0 bridgehead atoms. The van der Waals surface area contributed by atoms with Crippen molar-refractivity contribution in [3.8, 4) is 5.69 Å². The van der Waals surface area contributed by atoms with E-state index in [1.165, 1.54) is 55.2 Å². The number of fused-ring (bicyclic) bond motifs is 1. The van der Waals surface area contributed by atoms with E-state index >= 15 is 0 Å². The number of aromatic nitrogens is 3. The molecule has 1 unspecified atom stereocenters. The van der Waals surface area contributed by atoms with Gasteiger partial charge in [-0.25, -0.2) is 13.9 Å². The Morgan fingerprint density at radius 2 is 1.72 bits per heavy atom. The van der Waals surface area contributed by atoms with E-state index in [0.29, 0.717) is 35.7 Å². The number of carboxylic acid groups (broad SMARTS) is 1. The zero-order valence-corrected chi connectivity index (χ0v) is 28.6. The van der Waals surface area contributed by atoms with Crippen molar-refractivity contribution in [2.45, 2.75) is 57.5 Å². The molecule has 1 aromatic heterocycles. The molecule has 2 fully saturated rings. The molecule has 11 nitrogen and oxygen atoms in total. The summed E-state index contributed by atoms with van der Waals surface area (Å²) < 4.78 is 16.0. The van der Waals surface area contributed by atoms with Gasteiger partial charge in [-0.05, 0) is 105 Å². The fraction of sp³-hybridized carbons (Fsp3) is 0.378. The van der Waals surface area contributed by atoms with Crippen LogP contribution < -0.4 is 10.2 Å². The number of likely N-dealkylation sites (tertiary alicyclic amines) is 1. The number of rotatable bonds is 8. The highest BCUT2D eigenvalue weighted by atomic mass is 35.5. The second-order valence-electron chi connectivity index (χ2n) is 13.1. The lowest BCUT2D eigenvalue weighted by Crippen LogP contribution is -2.47. The average Bonchev–Trinajstić information content (AvgIpc) is 3.85. The second kappa shape index (κ2) is 14.2. The van der Waals surface area contributed by atoms with E-state index in [0.717, 1.165) is 41.9 Å². The SMILES string of the molecule is CCc1cc(NC(=O)C2c3cccc(N4CCC(N5CCCC5)CC4)c3CCN2C(=O)c2cn(-c3cccc(Cl)c3F)nn2)ccc1C(=O)O. The van der Waals surface area contributed by atoms with Crippen LogP contribution >= 0.6 is 11.6 Å². The first-order valence-electron chi connectivity index (χ1n) is 17.2. The Hall–Kier alpha value is -4.81. The Labute approximate surface area is 294 Å². The first kappa shape index (κ1) is 33.7. The van der Waals surface area contributed by atoms with Crippen molar-refractivity contribution in [2.75, 3.05) is 42.9 Å². The topological polar surface area (TPSA) is 124 Å². The predicted octanol–water partition coefficient (Wildman–Crippen LogP) is 5.76. The van der Waals surface area contributed by atoms with Gasteiger partial charge in [0.25, 0.3) is 11.8 Å². The number of aromatic carboxylic acids is 1. The van der Waals surface area contributed by atoms with Crippen LogP contribution in [-0.4, -0.2) is 86.4 Å². The molecule has 0 radical (unpaired) electrons. The second-order valence-corrected chi connectivity index (χ2v) is 13.5. The Bertz CT molecular complexity index is 1940. The van der Waals surface area contributed by atoms with E-state index in [-0.39, 0.29) is 28.5 Å². The summed E-state index contributed by atoms with van der Waals surface area (Å²) in [6, 6.07) is 14.7. The van der Waals surface area contributed by atoms with E-state index in [4.69, 9.17) is 11.6 Å². The van der Waals surface area contributed by atoms with Crippen molar-refractivity contribution in [1.82, 2.24) is 24.8 Å². The molecule has 50 heavy (non-hydrogen) atoms. The number of carboxylic acids is 1. The Balaban J connectivity index is 1.21. The number of amides is 2. The highest BCUT2D eigenvalue weighted by Gasteiger charge is 2.39. The lowest BCUT2D eigenvalue weighted by atomic mass is 9.89. The van der Waals surface area contributed by atoms with E-state index in [2.05, 4.69) is 31.5 Å². The van der Waals surface area contributed by atoms with Gasteiger partial charge in [0.1, 0.15) is 11.7 Å². The smallest absolute Gasteiger partial charge is 0.335 e. The van der Waals surface area contributed by atoms with Gasteiger partial charge in [0, 0.05) is 37.1 Å². The number of piperidine rings is 1. The quantitative estimate of drug-likeness (QED) is 0.238. The van der Waals surface area contributed by atoms with Gasteiger partial charge in [-0.1, -0.05) is 41.9 Å². The Morgan fingerprint density at radius 3 is 2.46 bits per heavy atom. The molecule has 13 heteroatoms. The van der Waals surface area contributed by atoms with E-state index in [9.17, 15) is 23.9 Å². The molecule has 3 aliphatic rings. The van der Waals surface area contributed by atoms with Crippen molar-refractivity contribution in [3.05, 3.63) is 99.6 Å². The molecule has 1 atom stereocenters. The summed E-state index contributed by atoms with van der Waals surface area (Å²) in [5, 5.41) is 20.5. The molecule has 3 aliphatic heterocycles. The number of anilines is 2. The number of aryl methyl sites for hydroxylation is 1. The Morgan fingerprint density at radius 1 is 0.980 bits per heavy atom. The molecule has 7 rings (SSSR count). The van der Waals surface area contributed by atoms with Gasteiger partial charge in [-0.15, -0.1) is 5.10 Å². The third-order valence-electron chi connectivity index (χ3n) is 10.2. The van der Waals surface area contributed by atoms with Crippen LogP contribution in [0.5, 0.6) is 0 Å². The van der Waals surface area contributed by atoms with Crippen LogP contribution in [0, 0.1) is 5.82 Å². The number of carbonyl (C=O) groups excluding carboxylic acids is 2. The minimum absolute atomic E-state index is 0.0389. The molecular formula is C37H39ClFN7O4. The molecule has 4 heterocycles. The summed E-state index contributed by atoms with van der Waals surface area (Å²) >= 11 is 5.98. The summed E-state index contributed by atoms with van der Waals surface area (Å²) in [5.41, 5.74) is 3.98. The summed E-state index contributed by atoms with van der Waals surface area (Å²) in [6.45, 7) is 6.26. The van der Waals surface area contributed by atoms with Crippen LogP contribution in [0.2, 0.25) is 5.02 Å². The van der Waals surface area contributed by atoms with Crippen molar-refractivity contribution < 1.29 is 23.9 Å². The molecule has 0 spiro atoms. The number of halogens is 2. The zero-order chi connectivity index (χ0) is 34.9. The molecule has 2 saturated heterocycles. The highest BCUT2D eigenvalue weighted by Crippen LogP contribution is 2.38. The maximum Gasteiger partial charge on any atom is 0.335 e. The fourth-order valence-electron chi connectivity index (χ4n) is 7.71. The summed E-state index contributed by atoms with van der Waals surface area (Å²) in [4.78, 5) is 46.8. The lowest BCUT2D eigenvalue weighted by molar-refractivity contribution is -0.121. The van der Waals surface area contributed by atoms with Crippen LogP contribution in [-0.2, 0) is 17.6 Å². The van der Waals surface area contributed by atoms with Gasteiger partial charge in [0.15, 0.2) is 11.5 Å². The number of carbonyl (C=O) groups is 3. The van der Waals surface area contributed by atoms with E-state index < -0.39 is 29.6 Å². The van der Waals surface area contributed by atoms with Gasteiger partial charge < -0.3 is 25.1 Å². The zero-order valence-electron chi connectivity index (χ0n) is 27.8. The number of hydrogen-bond acceptors (Lipinski definition) is 7. The van der Waals surface area contributed by atoms with E-state index in [1.54, 1.807) is 18.2 Å². The third-order valence-corrected chi connectivity index (χ3v) is 10.5. The van der Waals surface area contributed by atoms with Crippen LogP contribution in [0.4, 0.5) is 15.8 Å². The molecule has 4 aromatic rings. The van der Waals surface area contributed by atoms with Crippen molar-refractivity contribution in [2.24, 2.45) is 0 Å². The predicted molar refractivity (Wildman–Crippen MR) is 188 cm³/mol. The first-order chi connectivity index (χ1) is 24.2. The molecule has 0 saturated carbocycles. The summed E-state index contributed by atoms with van der Waals surface area (Å²) in [7, 11) is 0. The largest absolute Gasteiger partial charge is 0.478 e. The van der Waals surface area contributed by atoms with Gasteiger partial charge in [-0.3, -0.25) is 9.59 Å². The molecular weight excluding hydrogens is 661 g/mol. The van der Waals surface area contributed by atoms with Crippen LogP contribution in [0.3, 0.4) is 0 Å². The maximum atomic E-state index is 14.8. The minimum Gasteiger partial charge on any atom is -0.478 e. The van der Waals surface area contributed by atoms with Crippen LogP contribution in [0.25, 0.3) is 5.69 Å². The third kappa shape index (κ3) is 6.45. The lowest BCUT2D eigenvalue weighted by Gasteiger charge is -2.41. The fourth-order valence-corrected chi connectivity index (χ4v) is 7.88.